The van der Waals surface area contributed by atoms with E-state index in [0.29, 0.717) is 12.5 Å². The largest absolute Gasteiger partial charge is 0.353 e. The van der Waals surface area contributed by atoms with Gasteiger partial charge in [-0.25, -0.2) is 0 Å². The van der Waals surface area contributed by atoms with Crippen molar-refractivity contribution in [2.24, 2.45) is 11.8 Å². The molecule has 0 aliphatic heterocycles. The number of carbonyl (C=O) groups is 1. The molecule has 2 bridgehead atoms. The zero-order chi connectivity index (χ0) is 9.26. The van der Waals surface area contributed by atoms with Crippen molar-refractivity contribution in [3.05, 3.63) is 0 Å². The fourth-order valence-electron chi connectivity index (χ4n) is 2.86. The number of hydrogen-bond acceptors (Lipinski definition) is 1. The molecule has 2 nitrogen and oxygen atoms in total. The minimum atomic E-state index is 0.234. The lowest BCUT2D eigenvalue weighted by atomic mass is 9.68. The average Bonchev–Trinajstić information content (AvgIpc) is 2.19. The van der Waals surface area contributed by atoms with E-state index < -0.39 is 0 Å². The molecule has 0 spiro atoms. The van der Waals surface area contributed by atoms with E-state index in [1.54, 1.807) is 0 Å². The number of hydrogen-bond donors (Lipinski definition) is 1. The third-order valence-corrected chi connectivity index (χ3v) is 3.72. The monoisotopic (exact) mass is 181 g/mol. The molecule has 0 heterocycles. The highest BCUT2D eigenvalue weighted by Gasteiger charge is 2.35. The molecule has 3 saturated carbocycles. The zero-order valence-corrected chi connectivity index (χ0v) is 8.38. The number of fused-ring (bicyclic) bond motifs is 3. The van der Waals surface area contributed by atoms with Crippen LogP contribution in [0.15, 0.2) is 0 Å². The Morgan fingerprint density at radius 1 is 1.31 bits per heavy atom. The van der Waals surface area contributed by atoms with Crippen LogP contribution in [-0.2, 0) is 4.79 Å². The second kappa shape index (κ2) is 3.69. The SMILES string of the molecule is CCC(=O)NC1CC2CCC1CC2. The van der Waals surface area contributed by atoms with E-state index in [9.17, 15) is 4.79 Å². The Kier molecular flexibility index (Phi) is 2.56. The van der Waals surface area contributed by atoms with E-state index in [1.807, 2.05) is 6.92 Å². The molecule has 0 radical (unpaired) electrons. The normalized spacial score (nSPS) is 37.5. The minimum Gasteiger partial charge on any atom is -0.353 e. The van der Waals surface area contributed by atoms with Gasteiger partial charge in [-0.2, -0.15) is 0 Å². The molecule has 3 aliphatic rings. The Labute approximate surface area is 80.1 Å². The maximum atomic E-state index is 11.2. The van der Waals surface area contributed by atoms with Crippen LogP contribution in [0.1, 0.15) is 45.4 Å². The van der Waals surface area contributed by atoms with Crippen LogP contribution in [0, 0.1) is 11.8 Å². The molecular formula is C11H19NO. The van der Waals surface area contributed by atoms with E-state index in [1.165, 1.54) is 32.1 Å². The highest BCUT2D eigenvalue weighted by molar-refractivity contribution is 5.75. The van der Waals surface area contributed by atoms with Crippen LogP contribution in [0.5, 0.6) is 0 Å². The van der Waals surface area contributed by atoms with Gasteiger partial charge in [0.1, 0.15) is 0 Å². The van der Waals surface area contributed by atoms with Crippen LogP contribution in [0.2, 0.25) is 0 Å². The summed E-state index contributed by atoms with van der Waals surface area (Å²) in [6, 6.07) is 0.514. The van der Waals surface area contributed by atoms with Crippen molar-refractivity contribution >= 4 is 5.91 Å². The molecule has 3 fully saturated rings. The summed E-state index contributed by atoms with van der Waals surface area (Å²) in [4.78, 5) is 11.2. The molecule has 0 aromatic carbocycles. The van der Waals surface area contributed by atoms with Crippen LogP contribution in [-0.4, -0.2) is 11.9 Å². The molecule has 1 atom stereocenters. The Morgan fingerprint density at radius 3 is 2.46 bits per heavy atom. The van der Waals surface area contributed by atoms with Gasteiger partial charge in [-0.05, 0) is 31.1 Å². The van der Waals surface area contributed by atoms with Crippen LogP contribution < -0.4 is 5.32 Å². The molecule has 1 N–H and O–H groups in total. The van der Waals surface area contributed by atoms with Gasteiger partial charge in [0.25, 0.3) is 0 Å². The summed E-state index contributed by atoms with van der Waals surface area (Å²) in [6.07, 6.45) is 7.38. The van der Waals surface area contributed by atoms with Gasteiger partial charge in [-0.1, -0.05) is 19.8 Å². The van der Waals surface area contributed by atoms with Crippen molar-refractivity contribution in [3.8, 4) is 0 Å². The van der Waals surface area contributed by atoms with Gasteiger partial charge >= 0.3 is 0 Å². The number of amides is 1. The number of rotatable bonds is 2. The lowest BCUT2D eigenvalue weighted by Gasteiger charge is -2.42. The molecule has 13 heavy (non-hydrogen) atoms. The molecule has 0 saturated heterocycles. The summed E-state index contributed by atoms with van der Waals surface area (Å²) in [5.41, 5.74) is 0. The minimum absolute atomic E-state index is 0.234. The molecule has 3 aliphatic carbocycles. The van der Waals surface area contributed by atoms with Crippen LogP contribution >= 0.6 is 0 Å². The lowest BCUT2D eigenvalue weighted by Crippen LogP contribution is -2.46. The molecule has 74 valence electrons. The number of carbonyl (C=O) groups excluding carboxylic acids is 1. The molecule has 1 unspecified atom stereocenters. The second-order valence-electron chi connectivity index (χ2n) is 4.54. The molecule has 2 heteroatoms. The van der Waals surface area contributed by atoms with Gasteiger partial charge in [0.05, 0.1) is 0 Å². The molecule has 1 amide bonds. The smallest absolute Gasteiger partial charge is 0.219 e. The van der Waals surface area contributed by atoms with Gasteiger partial charge in [0.15, 0.2) is 0 Å². The predicted octanol–water partition coefficient (Wildman–Crippen LogP) is 2.09. The van der Waals surface area contributed by atoms with E-state index in [0.717, 1.165) is 11.8 Å². The Hall–Kier alpha value is -0.530. The summed E-state index contributed by atoms with van der Waals surface area (Å²) in [6.45, 7) is 1.93. The first-order valence-electron chi connectivity index (χ1n) is 5.59. The van der Waals surface area contributed by atoms with Gasteiger partial charge < -0.3 is 5.32 Å². The Bertz CT molecular complexity index is 194. The summed E-state index contributed by atoms with van der Waals surface area (Å²) in [7, 11) is 0. The van der Waals surface area contributed by atoms with Gasteiger partial charge in [0.2, 0.25) is 5.91 Å². The highest BCUT2D eigenvalue weighted by Crippen LogP contribution is 2.41. The van der Waals surface area contributed by atoms with Crippen molar-refractivity contribution in [2.45, 2.75) is 51.5 Å². The Morgan fingerprint density at radius 2 is 2.00 bits per heavy atom. The fourth-order valence-corrected chi connectivity index (χ4v) is 2.86. The molecule has 3 rings (SSSR count). The third kappa shape index (κ3) is 1.87. The third-order valence-electron chi connectivity index (χ3n) is 3.72. The quantitative estimate of drug-likeness (QED) is 0.694. The van der Waals surface area contributed by atoms with Crippen LogP contribution in [0.3, 0.4) is 0 Å². The fraction of sp³-hybridized carbons (Fsp3) is 0.909. The topological polar surface area (TPSA) is 29.1 Å². The standard InChI is InChI=1S/C11H19NO/c1-2-11(13)12-10-7-8-3-5-9(10)6-4-8/h8-10H,2-7H2,1H3,(H,12,13). The van der Waals surface area contributed by atoms with E-state index >= 15 is 0 Å². The Balaban J connectivity index is 1.90. The highest BCUT2D eigenvalue weighted by atomic mass is 16.1. The predicted molar refractivity (Wildman–Crippen MR) is 52.3 cm³/mol. The van der Waals surface area contributed by atoms with E-state index in [2.05, 4.69) is 5.32 Å². The van der Waals surface area contributed by atoms with Crippen molar-refractivity contribution in [1.29, 1.82) is 0 Å². The van der Waals surface area contributed by atoms with Gasteiger partial charge in [-0.15, -0.1) is 0 Å². The molecule has 0 aromatic rings. The maximum Gasteiger partial charge on any atom is 0.219 e. The zero-order valence-electron chi connectivity index (χ0n) is 8.38. The van der Waals surface area contributed by atoms with Crippen molar-refractivity contribution < 1.29 is 4.79 Å². The molecule has 0 aromatic heterocycles. The van der Waals surface area contributed by atoms with E-state index in [-0.39, 0.29) is 5.91 Å². The van der Waals surface area contributed by atoms with Crippen molar-refractivity contribution in [1.82, 2.24) is 5.32 Å². The summed E-state index contributed by atoms with van der Waals surface area (Å²) in [5, 5.41) is 3.16. The lowest BCUT2D eigenvalue weighted by molar-refractivity contribution is -0.122. The van der Waals surface area contributed by atoms with Crippen LogP contribution in [0.25, 0.3) is 0 Å². The van der Waals surface area contributed by atoms with E-state index in [4.69, 9.17) is 0 Å². The number of nitrogens with one attached hydrogen (secondary N) is 1. The van der Waals surface area contributed by atoms with Gasteiger partial charge in [0, 0.05) is 12.5 Å². The van der Waals surface area contributed by atoms with Crippen molar-refractivity contribution in [3.63, 3.8) is 0 Å². The van der Waals surface area contributed by atoms with Crippen LogP contribution in [0.4, 0.5) is 0 Å². The second-order valence-corrected chi connectivity index (χ2v) is 4.54. The molecular weight excluding hydrogens is 162 g/mol. The summed E-state index contributed by atoms with van der Waals surface area (Å²) >= 11 is 0. The van der Waals surface area contributed by atoms with Crippen molar-refractivity contribution in [2.75, 3.05) is 0 Å². The average molecular weight is 181 g/mol. The van der Waals surface area contributed by atoms with Gasteiger partial charge in [-0.3, -0.25) is 4.79 Å². The summed E-state index contributed by atoms with van der Waals surface area (Å²) < 4.78 is 0. The maximum absolute atomic E-state index is 11.2. The summed E-state index contributed by atoms with van der Waals surface area (Å²) in [5.74, 6) is 1.94. The first-order chi connectivity index (χ1) is 6.29. The first kappa shape index (κ1) is 9.04. The first-order valence-corrected chi connectivity index (χ1v) is 5.59.